The lowest BCUT2D eigenvalue weighted by Crippen LogP contribution is -2.24. The van der Waals surface area contributed by atoms with E-state index in [4.69, 9.17) is 4.42 Å². The molecule has 5 rings (SSSR count). The number of hydrogen-bond donors (Lipinski definition) is 1. The van der Waals surface area contributed by atoms with Crippen molar-refractivity contribution in [2.24, 2.45) is 0 Å². The molecular weight excluding hydrogens is 440 g/mol. The number of carbonyl (C=O) groups excluding carboxylic acids is 3. The Morgan fingerprint density at radius 1 is 0.886 bits per heavy atom. The second kappa shape index (κ2) is 9.14. The average molecular weight is 465 g/mol. The zero-order valence-corrected chi connectivity index (χ0v) is 19.5. The van der Waals surface area contributed by atoms with Crippen LogP contribution in [0.15, 0.2) is 77.3 Å². The summed E-state index contributed by atoms with van der Waals surface area (Å²) in [6, 6.07) is 19.8. The molecule has 0 aliphatic heterocycles. The van der Waals surface area contributed by atoms with Crippen LogP contribution in [0.25, 0.3) is 11.3 Å². The summed E-state index contributed by atoms with van der Waals surface area (Å²) in [5, 5.41) is 2.80. The molecule has 6 heteroatoms. The van der Waals surface area contributed by atoms with Crippen LogP contribution in [-0.4, -0.2) is 22.5 Å². The fourth-order valence-electron chi connectivity index (χ4n) is 4.27. The Morgan fingerprint density at radius 2 is 1.57 bits per heavy atom. The number of anilines is 1. The number of ketones is 2. The Morgan fingerprint density at radius 3 is 2.29 bits per heavy atom. The van der Waals surface area contributed by atoms with Crippen LogP contribution in [0.1, 0.15) is 69.5 Å². The largest absolute Gasteiger partial charge is 0.441 e. The van der Waals surface area contributed by atoms with Crippen LogP contribution in [0, 0.1) is 0 Å². The molecule has 3 aromatic carbocycles. The van der Waals surface area contributed by atoms with Crippen LogP contribution in [-0.2, 0) is 11.2 Å². The minimum Gasteiger partial charge on any atom is -0.441 e. The Hall–Kier alpha value is -4.32. The van der Waals surface area contributed by atoms with E-state index >= 15 is 0 Å². The van der Waals surface area contributed by atoms with Gasteiger partial charge in [-0.25, -0.2) is 4.98 Å². The van der Waals surface area contributed by atoms with Crippen molar-refractivity contribution in [2.75, 3.05) is 5.32 Å². The quantitative estimate of drug-likeness (QED) is 0.342. The summed E-state index contributed by atoms with van der Waals surface area (Å²) in [6.07, 6.45) is 2.09. The second-order valence-electron chi connectivity index (χ2n) is 8.88. The van der Waals surface area contributed by atoms with Crippen LogP contribution in [0.4, 0.5) is 5.69 Å². The van der Waals surface area contributed by atoms with Crippen molar-refractivity contribution in [1.29, 1.82) is 0 Å². The van der Waals surface area contributed by atoms with Gasteiger partial charge in [0.15, 0.2) is 23.2 Å². The van der Waals surface area contributed by atoms with Crippen molar-refractivity contribution in [2.45, 2.75) is 32.6 Å². The maximum atomic E-state index is 13.1. The third-order valence-corrected chi connectivity index (χ3v) is 6.21. The highest BCUT2D eigenvalue weighted by atomic mass is 16.4. The molecule has 1 aliphatic carbocycles. The molecule has 0 atom stereocenters. The number of aryl methyl sites for hydroxylation is 1. The Kier molecular flexibility index (Phi) is 5.87. The van der Waals surface area contributed by atoms with Gasteiger partial charge in [0.1, 0.15) is 0 Å². The molecule has 0 fully saturated rings. The Balaban J connectivity index is 1.28. The molecular formula is C29H24N2O4. The Labute approximate surface area is 203 Å². The molecule has 0 unspecified atom stereocenters. The van der Waals surface area contributed by atoms with Crippen LogP contribution in [0.2, 0.25) is 0 Å². The first-order valence-corrected chi connectivity index (χ1v) is 11.6. The molecule has 6 nitrogen and oxygen atoms in total. The minimum absolute atomic E-state index is 0.120. The number of nitrogens with one attached hydrogen (secondary N) is 1. The number of rotatable bonds is 6. The lowest BCUT2D eigenvalue weighted by atomic mass is 9.83. The van der Waals surface area contributed by atoms with Crippen molar-refractivity contribution >= 4 is 23.2 Å². The fourth-order valence-corrected chi connectivity index (χ4v) is 4.27. The maximum absolute atomic E-state index is 13.1. The molecule has 0 saturated carbocycles. The SMILES string of the molecule is CC(C)c1ccc(-c2cnc(CCC(=O)Nc3cccc4c3C(=O)c3ccccc3C4=O)o2)cc1. The van der Waals surface area contributed by atoms with Crippen molar-refractivity contribution in [3.8, 4) is 11.3 Å². The zero-order valence-electron chi connectivity index (χ0n) is 19.5. The van der Waals surface area contributed by atoms with Crippen LogP contribution >= 0.6 is 0 Å². The van der Waals surface area contributed by atoms with E-state index in [9.17, 15) is 14.4 Å². The van der Waals surface area contributed by atoms with Crippen LogP contribution in [0.5, 0.6) is 0 Å². The van der Waals surface area contributed by atoms with Crippen molar-refractivity contribution in [3.05, 3.63) is 107 Å². The van der Waals surface area contributed by atoms with E-state index < -0.39 is 0 Å². The number of nitrogens with zero attached hydrogens (tertiary/aromatic N) is 1. The van der Waals surface area contributed by atoms with Gasteiger partial charge in [0.05, 0.1) is 17.4 Å². The molecule has 0 radical (unpaired) electrons. The number of benzene rings is 3. The monoisotopic (exact) mass is 464 g/mol. The standard InChI is InChI=1S/C29H24N2O4/c1-17(2)18-10-12-19(13-11-18)24-16-30-26(35-24)15-14-25(32)31-23-9-5-8-22-27(23)29(34)21-7-4-3-6-20(21)28(22)33/h3-13,16-17H,14-15H2,1-2H3,(H,31,32). The summed E-state index contributed by atoms with van der Waals surface area (Å²) in [5.41, 5.74) is 3.76. The van der Waals surface area contributed by atoms with E-state index in [1.54, 1.807) is 48.7 Å². The summed E-state index contributed by atoms with van der Waals surface area (Å²) in [7, 11) is 0. The third kappa shape index (κ3) is 4.30. The number of aromatic nitrogens is 1. The molecule has 1 N–H and O–H groups in total. The summed E-state index contributed by atoms with van der Waals surface area (Å²) in [4.78, 5) is 43.0. The lowest BCUT2D eigenvalue weighted by Gasteiger charge is -2.20. The van der Waals surface area contributed by atoms with E-state index in [0.717, 1.165) is 5.56 Å². The third-order valence-electron chi connectivity index (χ3n) is 6.21. The predicted molar refractivity (Wildman–Crippen MR) is 133 cm³/mol. The molecule has 1 aromatic heterocycles. The van der Waals surface area contributed by atoms with E-state index in [1.165, 1.54) is 5.56 Å². The van der Waals surface area contributed by atoms with Gasteiger partial charge in [0.25, 0.3) is 0 Å². The molecule has 174 valence electrons. The maximum Gasteiger partial charge on any atom is 0.224 e. The molecule has 0 spiro atoms. The summed E-state index contributed by atoms with van der Waals surface area (Å²) in [5.74, 6) is 0.769. The highest BCUT2D eigenvalue weighted by Gasteiger charge is 2.31. The summed E-state index contributed by atoms with van der Waals surface area (Å²) < 4.78 is 5.84. The summed E-state index contributed by atoms with van der Waals surface area (Å²) >= 11 is 0. The fraction of sp³-hybridized carbons (Fsp3) is 0.172. The second-order valence-corrected chi connectivity index (χ2v) is 8.88. The highest BCUT2D eigenvalue weighted by Crippen LogP contribution is 2.32. The number of fused-ring (bicyclic) bond motifs is 2. The molecule has 1 amide bonds. The van der Waals surface area contributed by atoms with Crippen molar-refractivity contribution in [1.82, 2.24) is 4.98 Å². The van der Waals surface area contributed by atoms with Gasteiger partial charge >= 0.3 is 0 Å². The lowest BCUT2D eigenvalue weighted by molar-refractivity contribution is -0.116. The highest BCUT2D eigenvalue weighted by molar-refractivity contribution is 6.30. The first-order chi connectivity index (χ1) is 16.9. The topological polar surface area (TPSA) is 89.3 Å². The number of oxazole rings is 1. The molecule has 0 saturated heterocycles. The van der Waals surface area contributed by atoms with Gasteiger partial charge < -0.3 is 9.73 Å². The predicted octanol–water partition coefficient (Wildman–Crippen LogP) is 5.81. The summed E-state index contributed by atoms with van der Waals surface area (Å²) in [6.45, 7) is 4.29. The molecule has 1 aliphatic rings. The van der Waals surface area contributed by atoms with Crippen LogP contribution < -0.4 is 5.32 Å². The van der Waals surface area contributed by atoms with E-state index in [2.05, 4.69) is 36.3 Å². The Bertz CT molecular complexity index is 1450. The first kappa shape index (κ1) is 22.5. The molecule has 35 heavy (non-hydrogen) atoms. The van der Waals surface area contributed by atoms with E-state index in [1.807, 2.05) is 12.1 Å². The van der Waals surface area contributed by atoms with Crippen molar-refractivity contribution in [3.63, 3.8) is 0 Å². The minimum atomic E-state index is -0.293. The molecule has 0 bridgehead atoms. The number of amides is 1. The van der Waals surface area contributed by atoms with Gasteiger partial charge in [-0.15, -0.1) is 0 Å². The average Bonchev–Trinajstić information content (AvgIpc) is 3.35. The number of hydrogen-bond acceptors (Lipinski definition) is 5. The van der Waals surface area contributed by atoms with Crippen LogP contribution in [0.3, 0.4) is 0 Å². The van der Waals surface area contributed by atoms with E-state index in [-0.39, 0.29) is 29.5 Å². The van der Waals surface area contributed by atoms with Gasteiger partial charge in [-0.3, -0.25) is 14.4 Å². The van der Waals surface area contributed by atoms with Gasteiger partial charge in [0.2, 0.25) is 5.91 Å². The van der Waals surface area contributed by atoms with Gasteiger partial charge in [-0.05, 0) is 17.5 Å². The smallest absolute Gasteiger partial charge is 0.224 e. The van der Waals surface area contributed by atoms with Gasteiger partial charge in [-0.2, -0.15) is 0 Å². The normalized spacial score (nSPS) is 12.4. The molecule has 4 aromatic rings. The first-order valence-electron chi connectivity index (χ1n) is 11.6. The number of carbonyl (C=O) groups is 3. The van der Waals surface area contributed by atoms with E-state index in [0.29, 0.717) is 46.4 Å². The van der Waals surface area contributed by atoms with Crippen molar-refractivity contribution < 1.29 is 18.8 Å². The van der Waals surface area contributed by atoms with Gasteiger partial charge in [0, 0.05) is 35.1 Å². The van der Waals surface area contributed by atoms with Gasteiger partial charge in [-0.1, -0.05) is 74.5 Å². The zero-order chi connectivity index (χ0) is 24.5. The molecule has 1 heterocycles.